The third-order valence-electron chi connectivity index (χ3n) is 5.09. The lowest BCUT2D eigenvalue weighted by atomic mass is 9.76. The SMILES string of the molecule is CC1CCCC(CN)(NC(=O)CC2CCCCC2)C1. The maximum absolute atomic E-state index is 12.3. The van der Waals surface area contributed by atoms with Crippen LogP contribution in [0, 0.1) is 11.8 Å². The lowest BCUT2D eigenvalue weighted by Gasteiger charge is -2.40. The van der Waals surface area contributed by atoms with E-state index in [1.165, 1.54) is 44.9 Å². The van der Waals surface area contributed by atoms with E-state index in [9.17, 15) is 4.79 Å². The molecule has 0 radical (unpaired) electrons. The number of rotatable bonds is 4. The van der Waals surface area contributed by atoms with Crippen LogP contribution in [-0.4, -0.2) is 18.0 Å². The van der Waals surface area contributed by atoms with Crippen LogP contribution in [0.15, 0.2) is 0 Å². The second-order valence-corrected chi connectivity index (χ2v) is 6.94. The molecule has 3 nitrogen and oxygen atoms in total. The van der Waals surface area contributed by atoms with Gasteiger partial charge in [0.15, 0.2) is 0 Å². The molecule has 2 fully saturated rings. The van der Waals surface area contributed by atoms with Gasteiger partial charge in [-0.1, -0.05) is 39.0 Å². The van der Waals surface area contributed by atoms with Crippen molar-refractivity contribution in [1.29, 1.82) is 0 Å². The Hall–Kier alpha value is -0.570. The molecule has 0 aromatic heterocycles. The summed E-state index contributed by atoms with van der Waals surface area (Å²) in [5, 5.41) is 3.30. The molecule has 2 rings (SSSR count). The van der Waals surface area contributed by atoms with Gasteiger partial charge in [0.2, 0.25) is 5.91 Å². The van der Waals surface area contributed by atoms with Crippen LogP contribution < -0.4 is 11.1 Å². The molecule has 2 aliphatic rings. The Labute approximate surface area is 117 Å². The van der Waals surface area contributed by atoms with Crippen LogP contribution in [0.1, 0.15) is 71.1 Å². The van der Waals surface area contributed by atoms with Gasteiger partial charge in [-0.25, -0.2) is 0 Å². The summed E-state index contributed by atoms with van der Waals surface area (Å²) in [6.07, 6.45) is 11.7. The number of hydrogen-bond acceptors (Lipinski definition) is 2. The molecule has 3 heteroatoms. The minimum Gasteiger partial charge on any atom is -0.349 e. The van der Waals surface area contributed by atoms with Gasteiger partial charge in [-0.05, 0) is 37.5 Å². The van der Waals surface area contributed by atoms with Crippen LogP contribution in [0.3, 0.4) is 0 Å². The van der Waals surface area contributed by atoms with Crippen molar-refractivity contribution in [2.75, 3.05) is 6.54 Å². The van der Waals surface area contributed by atoms with Crippen LogP contribution in [-0.2, 0) is 4.79 Å². The number of nitrogens with one attached hydrogen (secondary N) is 1. The molecule has 110 valence electrons. The molecule has 19 heavy (non-hydrogen) atoms. The molecule has 0 saturated heterocycles. The molecular formula is C16H30N2O. The lowest BCUT2D eigenvalue weighted by Crippen LogP contribution is -2.56. The van der Waals surface area contributed by atoms with Crippen molar-refractivity contribution in [2.24, 2.45) is 17.6 Å². The normalized spacial score (nSPS) is 33.1. The number of carbonyl (C=O) groups excluding carboxylic acids is 1. The van der Waals surface area contributed by atoms with Gasteiger partial charge in [0.25, 0.3) is 0 Å². The van der Waals surface area contributed by atoms with Crippen LogP contribution in [0.2, 0.25) is 0 Å². The van der Waals surface area contributed by atoms with Gasteiger partial charge in [-0.2, -0.15) is 0 Å². The highest BCUT2D eigenvalue weighted by atomic mass is 16.1. The summed E-state index contributed by atoms with van der Waals surface area (Å²) in [6, 6.07) is 0. The van der Waals surface area contributed by atoms with Crippen LogP contribution in [0.5, 0.6) is 0 Å². The van der Waals surface area contributed by atoms with Crippen molar-refractivity contribution in [2.45, 2.75) is 76.7 Å². The van der Waals surface area contributed by atoms with Gasteiger partial charge >= 0.3 is 0 Å². The zero-order valence-corrected chi connectivity index (χ0v) is 12.4. The molecule has 0 spiro atoms. The minimum atomic E-state index is -0.108. The minimum absolute atomic E-state index is 0.108. The zero-order chi connectivity index (χ0) is 13.7. The second kappa shape index (κ2) is 6.74. The Bertz CT molecular complexity index is 299. The van der Waals surface area contributed by atoms with E-state index < -0.39 is 0 Å². The average molecular weight is 266 g/mol. The highest BCUT2D eigenvalue weighted by molar-refractivity contribution is 5.77. The smallest absolute Gasteiger partial charge is 0.220 e. The van der Waals surface area contributed by atoms with E-state index in [0.29, 0.717) is 18.4 Å². The number of carbonyl (C=O) groups is 1. The van der Waals surface area contributed by atoms with E-state index in [1.54, 1.807) is 0 Å². The summed E-state index contributed by atoms with van der Waals surface area (Å²) in [4.78, 5) is 12.3. The molecule has 2 atom stereocenters. The lowest BCUT2D eigenvalue weighted by molar-refractivity contribution is -0.124. The Morgan fingerprint density at radius 1 is 1.21 bits per heavy atom. The van der Waals surface area contributed by atoms with E-state index in [4.69, 9.17) is 5.73 Å². The summed E-state index contributed by atoms with van der Waals surface area (Å²) >= 11 is 0. The second-order valence-electron chi connectivity index (χ2n) is 6.94. The molecule has 0 aliphatic heterocycles. The van der Waals surface area contributed by atoms with Gasteiger partial charge in [-0.3, -0.25) is 4.79 Å². The monoisotopic (exact) mass is 266 g/mol. The molecule has 3 N–H and O–H groups in total. The van der Waals surface area contributed by atoms with E-state index in [2.05, 4.69) is 12.2 Å². The Kier molecular flexibility index (Phi) is 5.26. The van der Waals surface area contributed by atoms with Crippen molar-refractivity contribution in [3.63, 3.8) is 0 Å². The number of amides is 1. The Morgan fingerprint density at radius 3 is 2.58 bits per heavy atom. The third-order valence-corrected chi connectivity index (χ3v) is 5.09. The molecule has 2 unspecified atom stereocenters. The van der Waals surface area contributed by atoms with Crippen molar-refractivity contribution in [3.8, 4) is 0 Å². The van der Waals surface area contributed by atoms with E-state index in [0.717, 1.165) is 19.3 Å². The fourth-order valence-electron chi connectivity index (χ4n) is 4.01. The highest BCUT2D eigenvalue weighted by Gasteiger charge is 2.35. The summed E-state index contributed by atoms with van der Waals surface area (Å²) in [5.74, 6) is 1.54. The first kappa shape index (κ1) is 14.8. The third kappa shape index (κ3) is 4.20. The number of hydrogen-bond donors (Lipinski definition) is 2. The fourth-order valence-corrected chi connectivity index (χ4v) is 4.01. The average Bonchev–Trinajstić information content (AvgIpc) is 2.39. The summed E-state index contributed by atoms with van der Waals surface area (Å²) in [7, 11) is 0. The zero-order valence-electron chi connectivity index (χ0n) is 12.4. The van der Waals surface area contributed by atoms with Gasteiger partial charge in [0, 0.05) is 13.0 Å². The first-order valence-electron chi connectivity index (χ1n) is 8.15. The molecule has 0 bridgehead atoms. The van der Waals surface area contributed by atoms with Crippen molar-refractivity contribution in [1.82, 2.24) is 5.32 Å². The summed E-state index contributed by atoms with van der Waals surface area (Å²) in [6.45, 7) is 2.87. The van der Waals surface area contributed by atoms with Crippen LogP contribution in [0.4, 0.5) is 0 Å². The predicted molar refractivity (Wildman–Crippen MR) is 78.8 cm³/mol. The molecule has 0 aromatic carbocycles. The summed E-state index contributed by atoms with van der Waals surface area (Å²) < 4.78 is 0. The summed E-state index contributed by atoms with van der Waals surface area (Å²) in [5.41, 5.74) is 5.86. The fraction of sp³-hybridized carbons (Fsp3) is 0.938. The molecule has 2 saturated carbocycles. The first-order valence-corrected chi connectivity index (χ1v) is 8.15. The van der Waals surface area contributed by atoms with Crippen molar-refractivity contribution in [3.05, 3.63) is 0 Å². The van der Waals surface area contributed by atoms with Gasteiger partial charge in [0.1, 0.15) is 0 Å². The number of nitrogens with two attached hydrogens (primary N) is 1. The Morgan fingerprint density at radius 2 is 1.95 bits per heavy atom. The van der Waals surface area contributed by atoms with Crippen LogP contribution in [0.25, 0.3) is 0 Å². The molecule has 2 aliphatic carbocycles. The molecule has 0 heterocycles. The van der Waals surface area contributed by atoms with Gasteiger partial charge in [-0.15, -0.1) is 0 Å². The van der Waals surface area contributed by atoms with E-state index in [1.807, 2.05) is 0 Å². The topological polar surface area (TPSA) is 55.1 Å². The van der Waals surface area contributed by atoms with E-state index in [-0.39, 0.29) is 11.4 Å². The van der Waals surface area contributed by atoms with Crippen LogP contribution >= 0.6 is 0 Å². The molecule has 1 amide bonds. The largest absolute Gasteiger partial charge is 0.349 e. The van der Waals surface area contributed by atoms with Gasteiger partial charge in [0.05, 0.1) is 5.54 Å². The highest BCUT2D eigenvalue weighted by Crippen LogP contribution is 2.32. The van der Waals surface area contributed by atoms with Crippen molar-refractivity contribution >= 4 is 5.91 Å². The maximum Gasteiger partial charge on any atom is 0.220 e. The first-order chi connectivity index (χ1) is 9.13. The molecule has 0 aromatic rings. The standard InChI is InChI=1S/C16H30N2O/c1-13-6-5-9-16(11-13,12-17)18-15(19)10-14-7-3-2-4-8-14/h13-14H,2-12,17H2,1H3,(H,18,19). The van der Waals surface area contributed by atoms with Crippen molar-refractivity contribution < 1.29 is 4.79 Å². The van der Waals surface area contributed by atoms with E-state index >= 15 is 0 Å². The van der Waals surface area contributed by atoms with Gasteiger partial charge < -0.3 is 11.1 Å². The quantitative estimate of drug-likeness (QED) is 0.822. The molecular weight excluding hydrogens is 236 g/mol. The maximum atomic E-state index is 12.3. The predicted octanol–water partition coefficient (Wildman–Crippen LogP) is 2.98. The Balaban J connectivity index is 1.84.